The van der Waals surface area contributed by atoms with Gasteiger partial charge in [-0.15, -0.1) is 11.3 Å². The molecule has 0 radical (unpaired) electrons. The molecule has 3 heteroatoms. The number of hydrogen-bond acceptors (Lipinski definition) is 3. The molecule has 1 saturated carbocycles. The van der Waals surface area contributed by atoms with Crippen LogP contribution in [0.25, 0.3) is 6.08 Å². The number of carbonyl (C=O) groups excluding carboxylic acids is 1. The van der Waals surface area contributed by atoms with Crippen LogP contribution in [-0.4, -0.2) is 12.6 Å². The topological polar surface area (TPSA) is 26.3 Å². The van der Waals surface area contributed by atoms with Crippen molar-refractivity contribution >= 4 is 23.4 Å². The number of rotatable bonds is 5. The first-order valence-electron chi connectivity index (χ1n) is 6.69. The first kappa shape index (κ1) is 13.3. The number of thiophene rings is 1. The molecule has 1 aliphatic carbocycles. The average Bonchev–Trinajstić information content (AvgIpc) is 3.01. The van der Waals surface area contributed by atoms with Gasteiger partial charge in [-0.1, -0.05) is 25.0 Å². The van der Waals surface area contributed by atoms with E-state index < -0.39 is 0 Å². The van der Waals surface area contributed by atoms with Crippen molar-refractivity contribution < 1.29 is 9.53 Å². The average molecular weight is 264 g/mol. The maximum absolute atomic E-state index is 12.0. The van der Waals surface area contributed by atoms with Crippen LogP contribution in [0.15, 0.2) is 23.6 Å². The van der Waals surface area contributed by atoms with Gasteiger partial charge in [-0.2, -0.15) is 0 Å². The number of esters is 1. The first-order valence-corrected chi connectivity index (χ1v) is 7.57. The van der Waals surface area contributed by atoms with Gasteiger partial charge in [-0.05, 0) is 43.2 Å². The van der Waals surface area contributed by atoms with Gasteiger partial charge in [0.2, 0.25) is 0 Å². The minimum atomic E-state index is -0.0606. The summed E-state index contributed by atoms with van der Waals surface area (Å²) in [6, 6.07) is 4.09. The van der Waals surface area contributed by atoms with E-state index in [4.69, 9.17) is 4.74 Å². The molecule has 0 spiro atoms. The molecule has 18 heavy (non-hydrogen) atoms. The molecule has 2 nitrogen and oxygen atoms in total. The van der Waals surface area contributed by atoms with Crippen molar-refractivity contribution in [3.8, 4) is 0 Å². The van der Waals surface area contributed by atoms with Crippen molar-refractivity contribution in [2.75, 3.05) is 6.61 Å². The summed E-state index contributed by atoms with van der Waals surface area (Å²) >= 11 is 1.69. The quantitative estimate of drug-likeness (QED) is 0.747. The van der Waals surface area contributed by atoms with Gasteiger partial charge in [0.1, 0.15) is 0 Å². The van der Waals surface area contributed by atoms with E-state index in [0.717, 1.165) is 12.8 Å². The molecule has 0 aromatic carbocycles. The van der Waals surface area contributed by atoms with E-state index in [9.17, 15) is 4.79 Å². The van der Waals surface area contributed by atoms with Crippen molar-refractivity contribution in [3.05, 3.63) is 28.5 Å². The highest BCUT2D eigenvalue weighted by Gasteiger charge is 2.29. The van der Waals surface area contributed by atoms with Gasteiger partial charge in [-0.25, -0.2) is 0 Å². The number of carbonyl (C=O) groups is 1. The van der Waals surface area contributed by atoms with Gasteiger partial charge in [0.15, 0.2) is 0 Å². The molecule has 1 aromatic heterocycles. The van der Waals surface area contributed by atoms with Crippen molar-refractivity contribution in [1.82, 2.24) is 0 Å². The maximum Gasteiger partial charge on any atom is 0.313 e. The predicted molar refractivity (Wildman–Crippen MR) is 75.4 cm³/mol. The van der Waals surface area contributed by atoms with Crippen molar-refractivity contribution in [1.29, 1.82) is 0 Å². The minimum absolute atomic E-state index is 0.0581. The van der Waals surface area contributed by atoms with Crippen LogP contribution in [0.4, 0.5) is 0 Å². The Labute approximate surface area is 113 Å². The maximum atomic E-state index is 12.0. The molecule has 0 N–H and O–H groups in total. The third-order valence-electron chi connectivity index (χ3n) is 3.48. The van der Waals surface area contributed by atoms with E-state index in [1.807, 2.05) is 19.1 Å². The highest BCUT2D eigenvalue weighted by molar-refractivity contribution is 7.10. The molecule has 1 fully saturated rings. The molecular formula is C15H20O2S. The number of ether oxygens (including phenoxy) is 1. The van der Waals surface area contributed by atoms with E-state index in [2.05, 4.69) is 17.5 Å². The normalized spacial score (nSPS) is 18.3. The Morgan fingerprint density at radius 2 is 2.33 bits per heavy atom. The lowest BCUT2D eigenvalue weighted by atomic mass is 9.90. The molecule has 0 amide bonds. The van der Waals surface area contributed by atoms with E-state index in [1.54, 1.807) is 11.3 Å². The van der Waals surface area contributed by atoms with Gasteiger partial charge < -0.3 is 4.74 Å². The van der Waals surface area contributed by atoms with Crippen LogP contribution in [0, 0.1) is 11.8 Å². The van der Waals surface area contributed by atoms with Crippen molar-refractivity contribution in [3.63, 3.8) is 0 Å². The van der Waals surface area contributed by atoms with E-state index >= 15 is 0 Å². The summed E-state index contributed by atoms with van der Waals surface area (Å²) in [4.78, 5) is 13.2. The molecule has 0 unspecified atom stereocenters. The number of hydrogen-bond donors (Lipinski definition) is 0. The first-order chi connectivity index (χ1) is 8.81. The summed E-state index contributed by atoms with van der Waals surface area (Å²) in [5.41, 5.74) is 0. The highest BCUT2D eigenvalue weighted by Crippen LogP contribution is 2.33. The smallest absolute Gasteiger partial charge is 0.313 e. The van der Waals surface area contributed by atoms with Crippen LogP contribution in [0.3, 0.4) is 0 Å². The fourth-order valence-corrected chi connectivity index (χ4v) is 3.20. The summed E-state index contributed by atoms with van der Waals surface area (Å²) in [7, 11) is 0. The van der Waals surface area contributed by atoms with Crippen LogP contribution < -0.4 is 0 Å². The summed E-state index contributed by atoms with van der Waals surface area (Å²) < 4.78 is 5.20. The SMILES string of the molecule is CCOC(=O)[C@@H](/C=C/c1cccs1)C1CCCC1. The third-order valence-corrected chi connectivity index (χ3v) is 4.32. The second-order valence-corrected chi connectivity index (χ2v) is 5.68. The van der Waals surface area contributed by atoms with E-state index in [-0.39, 0.29) is 11.9 Å². The van der Waals surface area contributed by atoms with Crippen LogP contribution in [-0.2, 0) is 9.53 Å². The zero-order valence-electron chi connectivity index (χ0n) is 10.8. The predicted octanol–water partition coefficient (Wildman–Crippen LogP) is 4.13. The van der Waals surface area contributed by atoms with Crippen LogP contribution in [0.2, 0.25) is 0 Å². The van der Waals surface area contributed by atoms with Crippen LogP contribution >= 0.6 is 11.3 Å². The Kier molecular flexibility index (Phi) is 5.00. The van der Waals surface area contributed by atoms with E-state index in [0.29, 0.717) is 12.5 Å². The molecule has 0 saturated heterocycles. The van der Waals surface area contributed by atoms with Gasteiger partial charge >= 0.3 is 5.97 Å². The Bertz CT molecular complexity index is 389. The Balaban J connectivity index is 2.06. The molecule has 1 heterocycles. The summed E-state index contributed by atoms with van der Waals surface area (Å²) in [6.07, 6.45) is 8.89. The molecule has 98 valence electrons. The van der Waals surface area contributed by atoms with E-state index in [1.165, 1.54) is 17.7 Å². The summed E-state index contributed by atoms with van der Waals surface area (Å²) in [6.45, 7) is 2.33. The highest BCUT2D eigenvalue weighted by atomic mass is 32.1. The lowest BCUT2D eigenvalue weighted by Crippen LogP contribution is -2.22. The Hall–Kier alpha value is -1.09. The lowest BCUT2D eigenvalue weighted by molar-refractivity contribution is -0.147. The largest absolute Gasteiger partial charge is 0.466 e. The van der Waals surface area contributed by atoms with Gasteiger partial charge in [-0.3, -0.25) is 4.79 Å². The fourth-order valence-electron chi connectivity index (χ4n) is 2.57. The standard InChI is InChI=1S/C15H20O2S/c1-2-17-15(16)14(12-6-3-4-7-12)10-9-13-8-5-11-18-13/h5,8-12,14H,2-4,6-7H2,1H3/b10-9+/t14-/m0/s1. The van der Waals surface area contributed by atoms with Gasteiger partial charge in [0.25, 0.3) is 0 Å². The minimum Gasteiger partial charge on any atom is -0.466 e. The van der Waals surface area contributed by atoms with Crippen LogP contribution in [0.1, 0.15) is 37.5 Å². The van der Waals surface area contributed by atoms with Crippen molar-refractivity contribution in [2.45, 2.75) is 32.6 Å². The molecule has 2 rings (SSSR count). The molecule has 0 bridgehead atoms. The fraction of sp³-hybridized carbons (Fsp3) is 0.533. The zero-order valence-corrected chi connectivity index (χ0v) is 11.6. The Morgan fingerprint density at radius 1 is 1.56 bits per heavy atom. The Morgan fingerprint density at radius 3 is 2.94 bits per heavy atom. The zero-order chi connectivity index (χ0) is 12.8. The lowest BCUT2D eigenvalue weighted by Gasteiger charge is -2.18. The second kappa shape index (κ2) is 6.74. The monoisotopic (exact) mass is 264 g/mol. The summed E-state index contributed by atoms with van der Waals surface area (Å²) in [5.74, 6) is 0.354. The van der Waals surface area contributed by atoms with Crippen LogP contribution in [0.5, 0.6) is 0 Å². The summed E-state index contributed by atoms with van der Waals surface area (Å²) in [5, 5.41) is 2.05. The van der Waals surface area contributed by atoms with Gasteiger partial charge in [0, 0.05) is 4.88 Å². The molecular weight excluding hydrogens is 244 g/mol. The molecule has 0 aliphatic heterocycles. The molecule has 1 aliphatic rings. The third kappa shape index (κ3) is 3.45. The molecule has 1 aromatic rings. The van der Waals surface area contributed by atoms with Gasteiger partial charge in [0.05, 0.1) is 12.5 Å². The molecule has 1 atom stereocenters. The second-order valence-electron chi connectivity index (χ2n) is 4.70. The van der Waals surface area contributed by atoms with Crippen molar-refractivity contribution in [2.24, 2.45) is 11.8 Å².